The normalized spacial score (nSPS) is 17.6. The van der Waals surface area contributed by atoms with Crippen LogP contribution in [0.25, 0.3) is 10.8 Å². The zero-order chi connectivity index (χ0) is 25.9. The number of fused-ring (bicyclic) bond motifs is 2. The summed E-state index contributed by atoms with van der Waals surface area (Å²) < 4.78 is 25.7. The summed E-state index contributed by atoms with van der Waals surface area (Å²) in [5, 5.41) is 5.19. The molecule has 190 valence electrons. The first-order valence-electron chi connectivity index (χ1n) is 12.8. The van der Waals surface area contributed by atoms with Crippen LogP contribution >= 0.6 is 0 Å². The van der Waals surface area contributed by atoms with E-state index in [4.69, 9.17) is 9.47 Å². The molecule has 3 atom stereocenters. The summed E-state index contributed by atoms with van der Waals surface area (Å²) in [7, 11) is 1.41. The van der Waals surface area contributed by atoms with E-state index >= 15 is 0 Å². The number of esters is 1. The van der Waals surface area contributed by atoms with Gasteiger partial charge in [0.1, 0.15) is 17.7 Å². The van der Waals surface area contributed by atoms with Crippen molar-refractivity contribution in [3.05, 3.63) is 112 Å². The second-order valence-corrected chi connectivity index (χ2v) is 9.78. The molecule has 0 saturated carbocycles. The van der Waals surface area contributed by atoms with Gasteiger partial charge < -0.3 is 14.8 Å². The van der Waals surface area contributed by atoms with Crippen molar-refractivity contribution in [3.8, 4) is 5.75 Å². The van der Waals surface area contributed by atoms with Crippen LogP contribution in [-0.4, -0.2) is 25.7 Å². The molecule has 0 saturated heterocycles. The van der Waals surface area contributed by atoms with Gasteiger partial charge in [0.05, 0.1) is 12.7 Å². The Bertz CT molecular complexity index is 1430. The largest absolute Gasteiger partial charge is 0.490 e. The molecule has 0 amide bonds. The van der Waals surface area contributed by atoms with Crippen LogP contribution in [0.1, 0.15) is 64.3 Å². The van der Waals surface area contributed by atoms with Crippen LogP contribution in [0.4, 0.5) is 4.39 Å². The van der Waals surface area contributed by atoms with E-state index in [9.17, 15) is 9.18 Å². The topological polar surface area (TPSA) is 47.6 Å². The summed E-state index contributed by atoms with van der Waals surface area (Å²) in [6.45, 7) is 4.79. The van der Waals surface area contributed by atoms with Crippen LogP contribution in [0, 0.1) is 12.7 Å². The predicted molar refractivity (Wildman–Crippen MR) is 145 cm³/mol. The van der Waals surface area contributed by atoms with Crippen molar-refractivity contribution in [1.29, 1.82) is 0 Å². The van der Waals surface area contributed by atoms with Gasteiger partial charge >= 0.3 is 5.97 Å². The molecule has 1 aliphatic heterocycles. The van der Waals surface area contributed by atoms with E-state index in [1.807, 2.05) is 67.6 Å². The van der Waals surface area contributed by atoms with Crippen LogP contribution in [0.5, 0.6) is 5.75 Å². The molecule has 4 nitrogen and oxygen atoms in total. The van der Waals surface area contributed by atoms with Gasteiger partial charge in [0.15, 0.2) is 0 Å². The quantitative estimate of drug-likeness (QED) is 0.277. The standard InChI is InChI=1S/C32H32FNO3/c1-20-12-13-22(18-28(20)32(35)36-3)29-19-23(37-31-11-7-6-10-27(29)31)16-17-34-21(2)24-14-15-30(33)26-9-5-4-8-25(24)26/h4-15,18,21,23,29,34H,16-17,19H2,1-3H3/t21-,23+,29+/m1/s1. The van der Waals surface area contributed by atoms with Crippen LogP contribution in [0.2, 0.25) is 0 Å². The molecule has 0 spiro atoms. The highest BCUT2D eigenvalue weighted by molar-refractivity contribution is 5.91. The fourth-order valence-corrected chi connectivity index (χ4v) is 5.41. The Morgan fingerprint density at radius 2 is 1.81 bits per heavy atom. The number of benzene rings is 4. The van der Waals surface area contributed by atoms with Gasteiger partial charge in [-0.15, -0.1) is 0 Å². The summed E-state index contributed by atoms with van der Waals surface area (Å²) in [4.78, 5) is 12.3. The molecule has 37 heavy (non-hydrogen) atoms. The molecule has 0 unspecified atom stereocenters. The summed E-state index contributed by atoms with van der Waals surface area (Å²) >= 11 is 0. The molecule has 5 rings (SSSR count). The number of ether oxygens (including phenoxy) is 2. The minimum Gasteiger partial charge on any atom is -0.490 e. The molecule has 0 radical (unpaired) electrons. The number of carbonyl (C=O) groups excluding carboxylic acids is 1. The van der Waals surface area contributed by atoms with Gasteiger partial charge in [-0.1, -0.05) is 60.7 Å². The average Bonchev–Trinajstić information content (AvgIpc) is 2.93. The molecule has 5 heteroatoms. The van der Waals surface area contributed by atoms with Gasteiger partial charge in [-0.3, -0.25) is 0 Å². The molecule has 0 fully saturated rings. The Kier molecular flexibility index (Phi) is 7.24. The van der Waals surface area contributed by atoms with Crippen LogP contribution in [-0.2, 0) is 4.74 Å². The number of methoxy groups -OCH3 is 1. The number of hydrogen-bond acceptors (Lipinski definition) is 4. The summed E-state index contributed by atoms with van der Waals surface area (Å²) in [5.74, 6) is 0.500. The fraction of sp³-hybridized carbons (Fsp3) is 0.281. The summed E-state index contributed by atoms with van der Waals surface area (Å²) in [6, 6.07) is 25.3. The minimum absolute atomic E-state index is 0.0208. The maximum absolute atomic E-state index is 14.3. The van der Waals surface area contributed by atoms with Crippen molar-refractivity contribution in [2.75, 3.05) is 13.7 Å². The van der Waals surface area contributed by atoms with Crippen LogP contribution < -0.4 is 10.1 Å². The molecule has 0 bridgehead atoms. The predicted octanol–water partition coefficient (Wildman–Crippen LogP) is 7.10. The lowest BCUT2D eigenvalue weighted by Gasteiger charge is -2.33. The van der Waals surface area contributed by atoms with Crippen molar-refractivity contribution in [2.24, 2.45) is 0 Å². The highest BCUT2D eigenvalue weighted by Crippen LogP contribution is 2.41. The lowest BCUT2D eigenvalue weighted by molar-refractivity contribution is 0.0599. The van der Waals surface area contributed by atoms with E-state index in [1.54, 1.807) is 6.07 Å². The Morgan fingerprint density at radius 1 is 1.05 bits per heavy atom. The number of carbonyl (C=O) groups is 1. The third-order valence-corrected chi connectivity index (χ3v) is 7.44. The fourth-order valence-electron chi connectivity index (χ4n) is 5.41. The third kappa shape index (κ3) is 5.09. The number of halogens is 1. The van der Waals surface area contributed by atoms with Crippen molar-refractivity contribution >= 4 is 16.7 Å². The average molecular weight is 498 g/mol. The van der Waals surface area contributed by atoms with E-state index in [2.05, 4.69) is 24.4 Å². The molecular weight excluding hydrogens is 465 g/mol. The smallest absolute Gasteiger partial charge is 0.338 e. The lowest BCUT2D eigenvalue weighted by atomic mass is 9.82. The Hall–Kier alpha value is -3.70. The second-order valence-electron chi connectivity index (χ2n) is 9.78. The zero-order valence-electron chi connectivity index (χ0n) is 21.5. The summed E-state index contributed by atoms with van der Waals surface area (Å²) in [5.41, 5.74) is 4.81. The van der Waals surface area contributed by atoms with E-state index in [1.165, 1.54) is 7.11 Å². The van der Waals surface area contributed by atoms with Crippen molar-refractivity contribution < 1.29 is 18.7 Å². The lowest BCUT2D eigenvalue weighted by Crippen LogP contribution is -2.31. The first-order valence-corrected chi connectivity index (χ1v) is 12.8. The molecule has 1 N–H and O–H groups in total. The van der Waals surface area contributed by atoms with Crippen molar-refractivity contribution in [1.82, 2.24) is 5.32 Å². The SMILES string of the molecule is COC(=O)c1cc([C@@H]2C[C@H](CCN[C@H](C)c3ccc(F)c4ccccc34)Oc3ccccc32)ccc1C. The van der Waals surface area contributed by atoms with E-state index in [0.29, 0.717) is 10.9 Å². The van der Waals surface area contributed by atoms with E-state index in [-0.39, 0.29) is 29.9 Å². The third-order valence-electron chi connectivity index (χ3n) is 7.44. The highest BCUT2D eigenvalue weighted by atomic mass is 19.1. The first-order chi connectivity index (χ1) is 18.0. The highest BCUT2D eigenvalue weighted by Gasteiger charge is 2.30. The van der Waals surface area contributed by atoms with Crippen LogP contribution in [0.15, 0.2) is 78.9 Å². The Balaban J connectivity index is 1.32. The van der Waals surface area contributed by atoms with Gasteiger partial charge in [0.25, 0.3) is 0 Å². The molecule has 4 aromatic carbocycles. The van der Waals surface area contributed by atoms with E-state index in [0.717, 1.165) is 52.8 Å². The Morgan fingerprint density at radius 3 is 2.62 bits per heavy atom. The van der Waals surface area contributed by atoms with Crippen LogP contribution in [0.3, 0.4) is 0 Å². The van der Waals surface area contributed by atoms with Crippen molar-refractivity contribution in [2.45, 2.75) is 44.8 Å². The number of para-hydroxylation sites is 1. The van der Waals surface area contributed by atoms with Crippen molar-refractivity contribution in [3.63, 3.8) is 0 Å². The van der Waals surface area contributed by atoms with Gasteiger partial charge in [-0.2, -0.15) is 0 Å². The molecule has 1 heterocycles. The van der Waals surface area contributed by atoms with Gasteiger partial charge in [-0.25, -0.2) is 9.18 Å². The number of hydrogen-bond donors (Lipinski definition) is 1. The zero-order valence-corrected chi connectivity index (χ0v) is 21.5. The van der Waals surface area contributed by atoms with E-state index < -0.39 is 0 Å². The molecule has 1 aliphatic rings. The van der Waals surface area contributed by atoms with Gasteiger partial charge in [0.2, 0.25) is 0 Å². The molecule has 0 aromatic heterocycles. The number of rotatable bonds is 7. The maximum Gasteiger partial charge on any atom is 0.338 e. The number of aryl methyl sites for hydroxylation is 1. The number of nitrogens with one attached hydrogen (secondary N) is 1. The first kappa shape index (κ1) is 25.0. The monoisotopic (exact) mass is 497 g/mol. The summed E-state index contributed by atoms with van der Waals surface area (Å²) in [6.07, 6.45) is 1.66. The maximum atomic E-state index is 14.3. The molecular formula is C32H32FNO3. The van der Waals surface area contributed by atoms with Gasteiger partial charge in [0, 0.05) is 22.9 Å². The van der Waals surface area contributed by atoms with Gasteiger partial charge in [-0.05, 0) is 73.5 Å². The molecule has 0 aliphatic carbocycles. The Labute approximate surface area is 217 Å². The minimum atomic E-state index is -0.317. The molecule has 4 aromatic rings. The second kappa shape index (κ2) is 10.7.